The highest BCUT2D eigenvalue weighted by atomic mass is 16.7. The van der Waals surface area contributed by atoms with Gasteiger partial charge in [-0.05, 0) is 25.2 Å². The predicted octanol–water partition coefficient (Wildman–Crippen LogP) is 0.766. The van der Waals surface area contributed by atoms with Gasteiger partial charge in [0, 0.05) is 20.1 Å². The number of fused-ring (bicyclic) bond motifs is 2. The average molecular weight is 172 g/mol. The van der Waals surface area contributed by atoms with Crippen molar-refractivity contribution in [3.63, 3.8) is 0 Å². The quantitative estimate of drug-likeness (QED) is 0.625. The largest absolute Gasteiger partial charge is 0.387 e. The molecule has 2 rings (SSSR count). The summed E-state index contributed by atoms with van der Waals surface area (Å²) < 4.78 is 10.6. The van der Waals surface area contributed by atoms with Crippen LogP contribution in [0, 0.1) is 11.8 Å². The van der Waals surface area contributed by atoms with Crippen molar-refractivity contribution in [2.24, 2.45) is 11.8 Å². The monoisotopic (exact) mass is 172 g/mol. The molecule has 1 N–H and O–H groups in total. The van der Waals surface area contributed by atoms with Gasteiger partial charge in [0.1, 0.15) is 6.10 Å². The highest BCUT2D eigenvalue weighted by Gasteiger charge is 2.59. The summed E-state index contributed by atoms with van der Waals surface area (Å²) in [4.78, 5) is 0. The summed E-state index contributed by atoms with van der Waals surface area (Å²) in [5, 5.41) is 9.88. The summed E-state index contributed by atoms with van der Waals surface area (Å²) in [5.74, 6) is 0.102. The summed E-state index contributed by atoms with van der Waals surface area (Å²) in [5.41, 5.74) is 0. The second-order valence-electron chi connectivity index (χ2n) is 3.84. The van der Waals surface area contributed by atoms with Gasteiger partial charge in [-0.3, -0.25) is 0 Å². The molecule has 2 saturated carbocycles. The van der Waals surface area contributed by atoms with Gasteiger partial charge in [0.25, 0.3) is 0 Å². The van der Waals surface area contributed by atoms with E-state index >= 15 is 0 Å². The maximum absolute atomic E-state index is 9.88. The number of methoxy groups -OCH3 is 2. The van der Waals surface area contributed by atoms with E-state index in [1.54, 1.807) is 14.2 Å². The van der Waals surface area contributed by atoms with Crippen molar-refractivity contribution in [3.05, 3.63) is 0 Å². The lowest BCUT2D eigenvalue weighted by Gasteiger charge is -2.38. The molecule has 0 amide bonds. The molecule has 12 heavy (non-hydrogen) atoms. The van der Waals surface area contributed by atoms with Gasteiger partial charge in [-0.25, -0.2) is 0 Å². The van der Waals surface area contributed by atoms with Gasteiger partial charge in [0.05, 0.1) is 0 Å². The third-order valence-electron chi connectivity index (χ3n) is 3.54. The van der Waals surface area contributed by atoms with Crippen LogP contribution in [0.4, 0.5) is 0 Å². The molecule has 2 aliphatic rings. The molecular formula is C9H16O3. The normalized spacial score (nSPS) is 43.8. The minimum absolute atomic E-state index is 0.396. The van der Waals surface area contributed by atoms with Crippen LogP contribution >= 0.6 is 0 Å². The van der Waals surface area contributed by atoms with E-state index in [4.69, 9.17) is 9.47 Å². The van der Waals surface area contributed by atoms with Gasteiger partial charge in [-0.15, -0.1) is 0 Å². The molecule has 0 aromatic heterocycles. The van der Waals surface area contributed by atoms with E-state index in [9.17, 15) is 5.11 Å². The zero-order valence-electron chi connectivity index (χ0n) is 7.62. The Morgan fingerprint density at radius 3 is 2.25 bits per heavy atom. The topological polar surface area (TPSA) is 38.7 Å². The lowest BCUT2D eigenvalue weighted by atomic mass is 9.91. The van der Waals surface area contributed by atoms with Crippen LogP contribution in [0.1, 0.15) is 19.3 Å². The Bertz CT molecular complexity index is 173. The number of aliphatic hydroxyl groups is 1. The molecule has 2 fully saturated rings. The first-order valence-corrected chi connectivity index (χ1v) is 4.53. The molecule has 3 heteroatoms. The summed E-state index contributed by atoms with van der Waals surface area (Å²) in [7, 11) is 3.24. The second kappa shape index (κ2) is 2.69. The van der Waals surface area contributed by atoms with E-state index in [-0.39, 0.29) is 0 Å². The van der Waals surface area contributed by atoms with Crippen LogP contribution in [-0.2, 0) is 9.47 Å². The summed E-state index contributed by atoms with van der Waals surface area (Å²) >= 11 is 0. The van der Waals surface area contributed by atoms with Crippen LogP contribution in [0.2, 0.25) is 0 Å². The minimum atomic E-state index is -0.692. The molecule has 2 aliphatic carbocycles. The first-order chi connectivity index (χ1) is 5.74. The summed E-state index contributed by atoms with van der Waals surface area (Å²) in [6.07, 6.45) is 2.89. The van der Waals surface area contributed by atoms with Gasteiger partial charge >= 0.3 is 0 Å². The molecular weight excluding hydrogens is 156 g/mol. The van der Waals surface area contributed by atoms with Gasteiger partial charge in [0.15, 0.2) is 5.79 Å². The van der Waals surface area contributed by atoms with E-state index in [1.165, 1.54) is 0 Å². The molecule has 0 aromatic rings. The van der Waals surface area contributed by atoms with Gasteiger partial charge in [-0.1, -0.05) is 0 Å². The summed E-state index contributed by atoms with van der Waals surface area (Å²) in [6.45, 7) is 0. The standard InChI is InChI=1S/C9H16O3/c1-11-9(12-2)7-4-3-6(5-7)8(9)10/h6-8,10H,3-5H2,1-2H3/t6-,7+,8-/m0/s1. The molecule has 70 valence electrons. The molecule has 3 nitrogen and oxygen atoms in total. The number of aliphatic hydroxyl groups excluding tert-OH is 1. The van der Waals surface area contributed by atoms with Crippen molar-refractivity contribution in [1.82, 2.24) is 0 Å². The maximum Gasteiger partial charge on any atom is 0.197 e. The number of rotatable bonds is 2. The zero-order valence-corrected chi connectivity index (χ0v) is 7.62. The van der Waals surface area contributed by atoms with Crippen molar-refractivity contribution in [2.75, 3.05) is 14.2 Å². The van der Waals surface area contributed by atoms with Crippen molar-refractivity contribution in [2.45, 2.75) is 31.2 Å². The SMILES string of the molecule is COC1(OC)[C@@H]2CC[C@@H](C2)[C@@H]1O. The molecule has 0 unspecified atom stereocenters. The minimum Gasteiger partial charge on any atom is -0.387 e. The molecule has 0 aliphatic heterocycles. The Morgan fingerprint density at radius 2 is 1.92 bits per heavy atom. The van der Waals surface area contributed by atoms with Crippen molar-refractivity contribution >= 4 is 0 Å². The predicted molar refractivity (Wildman–Crippen MR) is 43.6 cm³/mol. The van der Waals surface area contributed by atoms with E-state index < -0.39 is 11.9 Å². The van der Waals surface area contributed by atoms with Gasteiger partial charge < -0.3 is 14.6 Å². The lowest BCUT2D eigenvalue weighted by molar-refractivity contribution is -0.280. The Balaban J connectivity index is 2.24. The van der Waals surface area contributed by atoms with Gasteiger partial charge in [0.2, 0.25) is 0 Å². The Kier molecular flexibility index (Phi) is 1.90. The third kappa shape index (κ3) is 0.817. The summed E-state index contributed by atoms with van der Waals surface area (Å²) in [6, 6.07) is 0. The Hall–Kier alpha value is -0.120. The fourth-order valence-corrected chi connectivity index (χ4v) is 2.90. The van der Waals surface area contributed by atoms with Crippen LogP contribution in [-0.4, -0.2) is 31.2 Å². The van der Waals surface area contributed by atoms with Gasteiger partial charge in [-0.2, -0.15) is 0 Å². The smallest absolute Gasteiger partial charge is 0.197 e. The molecule has 0 radical (unpaired) electrons. The van der Waals surface area contributed by atoms with Crippen molar-refractivity contribution < 1.29 is 14.6 Å². The molecule has 0 aromatic carbocycles. The highest BCUT2D eigenvalue weighted by molar-refractivity contribution is 5.03. The van der Waals surface area contributed by atoms with Crippen LogP contribution in [0.5, 0.6) is 0 Å². The maximum atomic E-state index is 9.88. The molecule has 2 bridgehead atoms. The van der Waals surface area contributed by atoms with E-state index in [0.717, 1.165) is 19.3 Å². The van der Waals surface area contributed by atoms with Crippen molar-refractivity contribution in [1.29, 1.82) is 0 Å². The Morgan fingerprint density at radius 1 is 1.25 bits per heavy atom. The average Bonchev–Trinajstić information content (AvgIpc) is 2.64. The van der Waals surface area contributed by atoms with E-state index in [1.807, 2.05) is 0 Å². The van der Waals surface area contributed by atoms with Crippen molar-refractivity contribution in [3.8, 4) is 0 Å². The van der Waals surface area contributed by atoms with E-state index in [2.05, 4.69) is 0 Å². The molecule has 0 saturated heterocycles. The molecule has 0 heterocycles. The second-order valence-corrected chi connectivity index (χ2v) is 3.84. The molecule has 0 spiro atoms. The molecule has 3 atom stereocenters. The number of ether oxygens (including phenoxy) is 2. The first-order valence-electron chi connectivity index (χ1n) is 4.53. The lowest BCUT2D eigenvalue weighted by Crippen LogP contribution is -2.50. The zero-order chi connectivity index (χ0) is 8.77. The first kappa shape index (κ1) is 8.48. The highest BCUT2D eigenvalue weighted by Crippen LogP contribution is 2.52. The van der Waals surface area contributed by atoms with Crippen LogP contribution in [0.25, 0.3) is 0 Å². The fourth-order valence-electron chi connectivity index (χ4n) is 2.90. The number of hydrogen-bond donors (Lipinski definition) is 1. The van der Waals surface area contributed by atoms with E-state index in [0.29, 0.717) is 11.8 Å². The Labute approximate surface area is 72.7 Å². The van der Waals surface area contributed by atoms with Crippen LogP contribution < -0.4 is 0 Å². The van der Waals surface area contributed by atoms with Crippen LogP contribution in [0.15, 0.2) is 0 Å². The van der Waals surface area contributed by atoms with Crippen LogP contribution in [0.3, 0.4) is 0 Å². The third-order valence-corrected chi connectivity index (χ3v) is 3.54. The fraction of sp³-hybridized carbons (Fsp3) is 1.00. The number of hydrogen-bond acceptors (Lipinski definition) is 3.